The molecule has 0 N–H and O–H groups in total. The first kappa shape index (κ1) is 34.4. The summed E-state index contributed by atoms with van der Waals surface area (Å²) in [5.74, 6) is 0. The predicted octanol–water partition coefficient (Wildman–Crippen LogP) is 12.6. The molecule has 0 unspecified atom stereocenters. The van der Waals surface area contributed by atoms with Crippen molar-refractivity contribution in [2.45, 2.75) is 46.0 Å². The summed E-state index contributed by atoms with van der Waals surface area (Å²) in [4.78, 5) is 11.5. The van der Waals surface area contributed by atoms with Crippen LogP contribution in [0.2, 0.25) is 0 Å². The Kier molecular flexibility index (Phi) is 9.72. The summed E-state index contributed by atoms with van der Waals surface area (Å²) in [6, 6.07) is 32.5. The minimum absolute atomic E-state index is 0.0479. The first-order valence-electron chi connectivity index (χ1n) is 18.3. The van der Waals surface area contributed by atoms with Gasteiger partial charge in [-0.25, -0.2) is 0 Å². The highest BCUT2D eigenvalue weighted by atomic mass is 15.2. The molecule has 8 rings (SSSR count). The monoisotopic (exact) mass is 675 g/mol. The highest BCUT2D eigenvalue weighted by Gasteiger charge is 2.37. The summed E-state index contributed by atoms with van der Waals surface area (Å²) in [7, 11) is 0. The van der Waals surface area contributed by atoms with Gasteiger partial charge in [-0.3, -0.25) is 9.98 Å². The van der Waals surface area contributed by atoms with Crippen LogP contribution in [0.1, 0.15) is 62.8 Å². The fourth-order valence-electron chi connectivity index (χ4n) is 7.59. The van der Waals surface area contributed by atoms with Crippen molar-refractivity contribution in [2.75, 3.05) is 11.6 Å². The lowest BCUT2D eigenvalue weighted by atomic mass is 9.80. The molecule has 0 saturated carbocycles. The van der Waals surface area contributed by atoms with E-state index >= 15 is 0 Å². The van der Waals surface area contributed by atoms with Gasteiger partial charge in [0.15, 0.2) is 0 Å². The molecule has 3 aliphatic carbocycles. The van der Waals surface area contributed by atoms with Gasteiger partial charge < -0.3 is 4.90 Å². The minimum Gasteiger partial charge on any atom is -0.327 e. The van der Waals surface area contributed by atoms with Crippen molar-refractivity contribution < 1.29 is 0 Å². The second kappa shape index (κ2) is 14.7. The summed E-state index contributed by atoms with van der Waals surface area (Å²) in [5.41, 5.74) is 20.8. The van der Waals surface area contributed by atoms with E-state index < -0.39 is 0 Å². The van der Waals surface area contributed by atoms with Gasteiger partial charge in [-0.15, -0.1) is 5.73 Å². The van der Waals surface area contributed by atoms with Gasteiger partial charge in [0.05, 0.1) is 11.4 Å². The molecule has 0 fully saturated rings. The molecule has 0 radical (unpaired) electrons. The first-order valence-corrected chi connectivity index (χ1v) is 18.3. The fraction of sp³-hybridized carbons (Fsp3) is 0.163. The number of rotatable bonds is 7. The van der Waals surface area contributed by atoms with Crippen LogP contribution in [-0.2, 0) is 5.41 Å². The predicted molar refractivity (Wildman–Crippen MR) is 225 cm³/mol. The highest BCUT2D eigenvalue weighted by Crippen LogP contribution is 2.49. The molecular weight excluding hydrogens is 631 g/mol. The van der Waals surface area contributed by atoms with Crippen molar-refractivity contribution in [1.82, 2.24) is 0 Å². The second-order valence-electron chi connectivity index (χ2n) is 13.7. The topological polar surface area (TPSA) is 28.0 Å². The summed E-state index contributed by atoms with van der Waals surface area (Å²) >= 11 is 0. The van der Waals surface area contributed by atoms with Crippen molar-refractivity contribution in [2.24, 2.45) is 9.98 Å². The molecule has 3 nitrogen and oxygen atoms in total. The third-order valence-corrected chi connectivity index (χ3v) is 10.4. The number of aliphatic imine (C=N–C) groups is 2. The maximum atomic E-state index is 4.88. The minimum atomic E-state index is -0.0479. The Hall–Kier alpha value is -6.02. The Morgan fingerprint density at radius 2 is 1.58 bits per heavy atom. The van der Waals surface area contributed by atoms with Gasteiger partial charge in [-0.1, -0.05) is 119 Å². The zero-order chi connectivity index (χ0) is 36.2. The van der Waals surface area contributed by atoms with E-state index in [0.717, 1.165) is 52.1 Å². The number of fused-ring (bicyclic) bond motifs is 3. The van der Waals surface area contributed by atoms with Gasteiger partial charge in [-0.2, -0.15) is 0 Å². The van der Waals surface area contributed by atoms with Crippen LogP contribution in [0, 0.1) is 0 Å². The van der Waals surface area contributed by atoms with E-state index in [1.165, 1.54) is 44.5 Å². The van der Waals surface area contributed by atoms with Crippen LogP contribution < -0.4 is 4.90 Å². The van der Waals surface area contributed by atoms with E-state index in [-0.39, 0.29) is 5.41 Å². The number of hydrogen-bond donors (Lipinski definition) is 0. The fourth-order valence-corrected chi connectivity index (χ4v) is 7.59. The largest absolute Gasteiger partial charge is 0.327 e. The molecular formula is C49H45N3. The number of benzene rings is 4. The smallest absolute Gasteiger partial charge is 0.114 e. The normalized spacial score (nSPS) is 17.3. The molecule has 0 spiro atoms. The van der Waals surface area contributed by atoms with Crippen LogP contribution in [0.25, 0.3) is 39.1 Å². The lowest BCUT2D eigenvalue weighted by Gasteiger charge is -2.28. The zero-order valence-electron chi connectivity index (χ0n) is 30.7. The summed E-state index contributed by atoms with van der Waals surface area (Å²) < 4.78 is 0. The SMILES string of the molecule is C=N/C(=C\C=N/CN1/C=C\C2=C(C=CCC2)C(=C)c2ccc(-c3ccccc3)cc21)c1cccc(-c2ccc3c(c2)C(C)(C)C2=C3C=C=C2)c1.CC. The van der Waals surface area contributed by atoms with Crippen LogP contribution in [0.4, 0.5) is 5.69 Å². The second-order valence-corrected chi connectivity index (χ2v) is 13.7. The molecule has 4 aromatic rings. The molecule has 3 heteroatoms. The van der Waals surface area contributed by atoms with Gasteiger partial charge in [0.1, 0.15) is 6.67 Å². The van der Waals surface area contributed by atoms with E-state index in [2.05, 4.69) is 164 Å². The van der Waals surface area contributed by atoms with Crippen LogP contribution in [-0.4, -0.2) is 19.6 Å². The molecule has 0 aromatic heterocycles. The molecule has 4 aromatic carbocycles. The highest BCUT2D eigenvalue weighted by molar-refractivity contribution is 5.93. The average Bonchev–Trinajstić information content (AvgIpc) is 3.77. The van der Waals surface area contributed by atoms with Crippen molar-refractivity contribution >= 4 is 35.5 Å². The van der Waals surface area contributed by atoms with Crippen molar-refractivity contribution in [3.8, 4) is 22.3 Å². The lowest BCUT2D eigenvalue weighted by Crippen LogP contribution is -2.19. The molecule has 0 atom stereocenters. The van der Waals surface area contributed by atoms with E-state index in [4.69, 9.17) is 4.99 Å². The number of allylic oxidation sites excluding steroid dienone is 10. The maximum Gasteiger partial charge on any atom is 0.114 e. The zero-order valence-corrected chi connectivity index (χ0v) is 30.7. The van der Waals surface area contributed by atoms with Crippen molar-refractivity contribution in [1.29, 1.82) is 0 Å². The van der Waals surface area contributed by atoms with Crippen LogP contribution in [0.5, 0.6) is 0 Å². The van der Waals surface area contributed by atoms with Crippen molar-refractivity contribution in [3.63, 3.8) is 0 Å². The van der Waals surface area contributed by atoms with Gasteiger partial charge in [0, 0.05) is 29.0 Å². The van der Waals surface area contributed by atoms with E-state index in [0.29, 0.717) is 6.67 Å². The third kappa shape index (κ3) is 6.36. The molecule has 52 heavy (non-hydrogen) atoms. The van der Waals surface area contributed by atoms with Gasteiger partial charge in [-0.05, 0) is 123 Å². The summed E-state index contributed by atoms with van der Waals surface area (Å²) in [6.07, 6.45) is 18.9. The molecule has 1 heterocycles. The van der Waals surface area contributed by atoms with Gasteiger partial charge in [0.25, 0.3) is 0 Å². The van der Waals surface area contributed by atoms with E-state index in [9.17, 15) is 0 Å². The van der Waals surface area contributed by atoms with Gasteiger partial charge >= 0.3 is 0 Å². The van der Waals surface area contributed by atoms with Crippen molar-refractivity contribution in [3.05, 3.63) is 185 Å². The number of nitrogens with zero attached hydrogens (tertiary/aromatic N) is 3. The summed E-state index contributed by atoms with van der Waals surface area (Å²) in [6.45, 7) is 17.5. The lowest BCUT2D eigenvalue weighted by molar-refractivity contribution is 0.655. The van der Waals surface area contributed by atoms with E-state index in [1.807, 2.05) is 32.2 Å². The molecule has 1 aliphatic heterocycles. The molecule has 0 amide bonds. The Morgan fingerprint density at radius 3 is 2.38 bits per heavy atom. The number of hydrogen-bond acceptors (Lipinski definition) is 3. The Balaban J connectivity index is 0.00000207. The summed E-state index contributed by atoms with van der Waals surface area (Å²) in [5, 5.41) is 0. The first-order chi connectivity index (χ1) is 25.4. The molecule has 256 valence electrons. The average molecular weight is 676 g/mol. The molecule has 4 aliphatic rings. The standard InChI is InChI=1S/C47H39N3.C2H6/c1-32-39-17-9-8-14-34(39)25-27-50(46-30-37(20-22-40(32)46)33-12-6-5-7-13-33)31-49-26-24-45(48-4)38-16-10-15-35(28-38)36-21-23-42-41-18-11-19-43(41)47(2,3)44(42)29-36;1-2/h5-7,9-10,12-13,15-30H,1,4,8,14,31H2,2-3H3;1-2H3/b27-25-,45-24-,49-26-;. The Morgan fingerprint density at radius 1 is 0.827 bits per heavy atom. The van der Waals surface area contributed by atoms with Crippen LogP contribution >= 0.6 is 0 Å². The Bertz CT molecular complexity index is 2330. The quantitative estimate of drug-likeness (QED) is 0.142. The maximum absolute atomic E-state index is 4.88. The molecule has 0 saturated heterocycles. The van der Waals surface area contributed by atoms with Crippen LogP contribution in [0.3, 0.4) is 0 Å². The van der Waals surface area contributed by atoms with Crippen LogP contribution in [0.15, 0.2) is 173 Å². The number of anilines is 1. The van der Waals surface area contributed by atoms with E-state index in [1.54, 1.807) is 0 Å². The Labute approximate surface area is 309 Å². The molecule has 0 bridgehead atoms. The third-order valence-electron chi connectivity index (χ3n) is 10.4. The van der Waals surface area contributed by atoms with Gasteiger partial charge in [0.2, 0.25) is 0 Å².